The molecule has 0 spiro atoms. The van der Waals surface area contributed by atoms with Crippen LogP contribution >= 0.6 is 0 Å². The van der Waals surface area contributed by atoms with Crippen LogP contribution in [0.4, 0.5) is 5.69 Å². The highest BCUT2D eigenvalue weighted by Crippen LogP contribution is 2.23. The SMILES string of the molecule is O=C(O)CCn1cc(-c2cccc([N+](=O)[O-])c2)cn1. The van der Waals surface area contributed by atoms with E-state index in [0.29, 0.717) is 11.1 Å². The quantitative estimate of drug-likeness (QED) is 0.655. The summed E-state index contributed by atoms with van der Waals surface area (Å²) in [4.78, 5) is 20.7. The van der Waals surface area contributed by atoms with Crippen LogP contribution < -0.4 is 0 Å². The molecule has 98 valence electrons. The van der Waals surface area contributed by atoms with Gasteiger partial charge in [0.1, 0.15) is 0 Å². The van der Waals surface area contributed by atoms with Crippen molar-refractivity contribution in [2.24, 2.45) is 0 Å². The van der Waals surface area contributed by atoms with E-state index in [9.17, 15) is 14.9 Å². The van der Waals surface area contributed by atoms with Crippen molar-refractivity contribution in [2.75, 3.05) is 0 Å². The molecule has 0 radical (unpaired) electrons. The maximum absolute atomic E-state index is 10.7. The lowest BCUT2D eigenvalue weighted by Crippen LogP contribution is -2.04. The number of carboxylic acid groups (broad SMARTS) is 1. The topological polar surface area (TPSA) is 98.3 Å². The highest BCUT2D eigenvalue weighted by molar-refractivity contribution is 5.67. The summed E-state index contributed by atoms with van der Waals surface area (Å²) in [5.41, 5.74) is 1.40. The van der Waals surface area contributed by atoms with Crippen molar-refractivity contribution >= 4 is 11.7 Å². The number of nitrogens with zero attached hydrogens (tertiary/aromatic N) is 3. The Hall–Kier alpha value is -2.70. The smallest absolute Gasteiger partial charge is 0.305 e. The fraction of sp³-hybridized carbons (Fsp3) is 0.167. The zero-order chi connectivity index (χ0) is 13.8. The molecule has 0 aliphatic rings. The third-order valence-electron chi connectivity index (χ3n) is 2.58. The van der Waals surface area contributed by atoms with Crippen molar-refractivity contribution in [3.05, 3.63) is 46.8 Å². The molecule has 1 heterocycles. The van der Waals surface area contributed by atoms with Crippen LogP contribution in [0.1, 0.15) is 6.42 Å². The number of aliphatic carboxylic acids is 1. The Morgan fingerprint density at radius 1 is 1.42 bits per heavy atom. The van der Waals surface area contributed by atoms with Gasteiger partial charge >= 0.3 is 5.97 Å². The molecule has 0 atom stereocenters. The molecule has 0 bridgehead atoms. The van der Waals surface area contributed by atoms with Gasteiger partial charge in [0.25, 0.3) is 5.69 Å². The van der Waals surface area contributed by atoms with Gasteiger partial charge in [0.05, 0.1) is 24.1 Å². The Bertz CT molecular complexity index is 621. The van der Waals surface area contributed by atoms with Crippen molar-refractivity contribution in [2.45, 2.75) is 13.0 Å². The summed E-state index contributed by atoms with van der Waals surface area (Å²) in [6.07, 6.45) is 3.21. The summed E-state index contributed by atoms with van der Waals surface area (Å²) in [6, 6.07) is 6.21. The maximum Gasteiger partial charge on any atom is 0.305 e. The number of nitro groups is 1. The summed E-state index contributed by atoms with van der Waals surface area (Å²) in [5, 5.41) is 23.3. The van der Waals surface area contributed by atoms with Crippen LogP contribution in [0.15, 0.2) is 36.7 Å². The standard InChI is InChI=1S/C12H11N3O4/c16-12(17)4-5-14-8-10(7-13-14)9-2-1-3-11(6-9)15(18)19/h1-3,6-8H,4-5H2,(H,16,17). The predicted octanol–water partition coefficient (Wildman–Crippen LogP) is 1.93. The Balaban J connectivity index is 2.20. The van der Waals surface area contributed by atoms with Crippen molar-refractivity contribution in [1.29, 1.82) is 0 Å². The van der Waals surface area contributed by atoms with Crippen LogP contribution in [-0.4, -0.2) is 25.8 Å². The second-order valence-corrected chi connectivity index (χ2v) is 3.94. The van der Waals surface area contributed by atoms with E-state index in [1.54, 1.807) is 24.5 Å². The fourth-order valence-electron chi connectivity index (χ4n) is 1.64. The molecule has 1 aromatic carbocycles. The van der Waals surface area contributed by atoms with E-state index in [2.05, 4.69) is 5.10 Å². The van der Waals surface area contributed by atoms with Gasteiger partial charge in [-0.2, -0.15) is 5.10 Å². The van der Waals surface area contributed by atoms with E-state index in [-0.39, 0.29) is 18.7 Å². The second-order valence-electron chi connectivity index (χ2n) is 3.94. The van der Waals surface area contributed by atoms with E-state index < -0.39 is 10.9 Å². The summed E-state index contributed by atoms with van der Waals surface area (Å²) in [7, 11) is 0. The van der Waals surface area contributed by atoms with Gasteiger partial charge in [-0.1, -0.05) is 12.1 Å². The van der Waals surface area contributed by atoms with Crippen LogP contribution in [0.2, 0.25) is 0 Å². The van der Waals surface area contributed by atoms with E-state index in [4.69, 9.17) is 5.11 Å². The van der Waals surface area contributed by atoms with Crippen molar-refractivity contribution in [3.63, 3.8) is 0 Å². The average Bonchev–Trinajstić information content (AvgIpc) is 2.85. The molecule has 0 saturated carbocycles. The van der Waals surface area contributed by atoms with Crippen LogP contribution in [-0.2, 0) is 11.3 Å². The van der Waals surface area contributed by atoms with Gasteiger partial charge in [-0.05, 0) is 5.56 Å². The number of hydrogen-bond acceptors (Lipinski definition) is 4. The molecule has 0 aliphatic heterocycles. The molecule has 7 nitrogen and oxygen atoms in total. The van der Waals surface area contributed by atoms with E-state index >= 15 is 0 Å². The normalized spacial score (nSPS) is 10.3. The van der Waals surface area contributed by atoms with Gasteiger partial charge in [0.15, 0.2) is 0 Å². The molecule has 0 aliphatic carbocycles. The number of aryl methyl sites for hydroxylation is 1. The molecule has 7 heteroatoms. The number of carboxylic acids is 1. The molecule has 0 unspecified atom stereocenters. The lowest BCUT2D eigenvalue weighted by atomic mass is 10.1. The van der Waals surface area contributed by atoms with Gasteiger partial charge in [0.2, 0.25) is 0 Å². The number of hydrogen-bond donors (Lipinski definition) is 1. The first-order valence-electron chi connectivity index (χ1n) is 5.55. The fourth-order valence-corrected chi connectivity index (χ4v) is 1.64. The molecular formula is C12H11N3O4. The van der Waals surface area contributed by atoms with E-state index in [0.717, 1.165) is 0 Å². The number of carbonyl (C=O) groups is 1. The number of rotatable bonds is 5. The van der Waals surface area contributed by atoms with Gasteiger partial charge in [0, 0.05) is 23.9 Å². The lowest BCUT2D eigenvalue weighted by Gasteiger charge is -1.98. The molecule has 2 aromatic rings. The molecule has 0 fully saturated rings. The van der Waals surface area contributed by atoms with Crippen molar-refractivity contribution in [1.82, 2.24) is 9.78 Å². The third kappa shape index (κ3) is 3.15. The zero-order valence-corrected chi connectivity index (χ0v) is 9.89. The van der Waals surface area contributed by atoms with Gasteiger partial charge in [-0.25, -0.2) is 0 Å². The summed E-state index contributed by atoms with van der Waals surface area (Å²) in [5.74, 6) is -0.896. The number of non-ortho nitro benzene ring substituents is 1. The number of aromatic nitrogens is 2. The van der Waals surface area contributed by atoms with Crippen molar-refractivity contribution in [3.8, 4) is 11.1 Å². The molecule has 0 saturated heterocycles. The molecule has 1 N–H and O–H groups in total. The number of benzene rings is 1. The van der Waals surface area contributed by atoms with Crippen LogP contribution in [0.25, 0.3) is 11.1 Å². The Morgan fingerprint density at radius 2 is 2.21 bits per heavy atom. The van der Waals surface area contributed by atoms with E-state index in [1.807, 2.05) is 0 Å². The molecule has 0 amide bonds. The van der Waals surface area contributed by atoms with E-state index in [1.165, 1.54) is 16.8 Å². The van der Waals surface area contributed by atoms with Gasteiger partial charge in [-0.15, -0.1) is 0 Å². The third-order valence-corrected chi connectivity index (χ3v) is 2.58. The van der Waals surface area contributed by atoms with Crippen LogP contribution in [0, 0.1) is 10.1 Å². The predicted molar refractivity (Wildman–Crippen MR) is 66.6 cm³/mol. The minimum absolute atomic E-state index is 0.00999. The molecule has 2 rings (SSSR count). The largest absolute Gasteiger partial charge is 0.481 e. The summed E-state index contributed by atoms with van der Waals surface area (Å²) < 4.78 is 1.50. The maximum atomic E-state index is 10.7. The first-order valence-corrected chi connectivity index (χ1v) is 5.55. The zero-order valence-electron chi connectivity index (χ0n) is 9.89. The Kier molecular flexibility index (Phi) is 3.56. The van der Waals surface area contributed by atoms with Crippen molar-refractivity contribution < 1.29 is 14.8 Å². The van der Waals surface area contributed by atoms with Crippen LogP contribution in [0.3, 0.4) is 0 Å². The second kappa shape index (κ2) is 5.30. The van der Waals surface area contributed by atoms with Gasteiger partial charge in [-0.3, -0.25) is 19.6 Å². The Labute approximate surface area is 108 Å². The lowest BCUT2D eigenvalue weighted by molar-refractivity contribution is -0.384. The van der Waals surface area contributed by atoms with Crippen LogP contribution in [0.5, 0.6) is 0 Å². The van der Waals surface area contributed by atoms with Gasteiger partial charge < -0.3 is 5.11 Å². The first-order chi connectivity index (χ1) is 9.06. The molecule has 19 heavy (non-hydrogen) atoms. The first kappa shape index (κ1) is 12.7. The highest BCUT2D eigenvalue weighted by atomic mass is 16.6. The molecular weight excluding hydrogens is 250 g/mol. The average molecular weight is 261 g/mol. The Morgan fingerprint density at radius 3 is 2.89 bits per heavy atom. The monoisotopic (exact) mass is 261 g/mol. The minimum atomic E-state index is -0.896. The highest BCUT2D eigenvalue weighted by Gasteiger charge is 2.09. The summed E-state index contributed by atoms with van der Waals surface area (Å²) >= 11 is 0. The minimum Gasteiger partial charge on any atom is -0.481 e. The number of nitro benzene ring substituents is 1. The molecule has 1 aromatic heterocycles. The summed E-state index contributed by atoms with van der Waals surface area (Å²) in [6.45, 7) is 0.268.